The summed E-state index contributed by atoms with van der Waals surface area (Å²) in [4.78, 5) is 5.50. The van der Waals surface area contributed by atoms with Crippen LogP contribution in [-0.4, -0.2) is 51.0 Å². The molecule has 0 spiro atoms. The predicted octanol–water partition coefficient (Wildman–Crippen LogP) is 1.90. The smallest absolute Gasteiger partial charge is 0.191 e. The fourth-order valence-electron chi connectivity index (χ4n) is 2.59. The summed E-state index contributed by atoms with van der Waals surface area (Å²) in [6.07, 6.45) is 2.65. The van der Waals surface area contributed by atoms with E-state index in [1.54, 1.807) is 18.4 Å². The zero-order chi connectivity index (χ0) is 15.8. The molecule has 22 heavy (non-hydrogen) atoms. The van der Waals surface area contributed by atoms with E-state index in [4.69, 9.17) is 16.3 Å². The largest absolute Gasteiger partial charge is 0.396 e. The van der Waals surface area contributed by atoms with Crippen LogP contribution in [0.25, 0.3) is 0 Å². The maximum absolute atomic E-state index is 9.24. The average molecular weight is 346 g/mol. The van der Waals surface area contributed by atoms with E-state index in [1.807, 2.05) is 6.07 Å². The van der Waals surface area contributed by atoms with Gasteiger partial charge in [-0.3, -0.25) is 4.99 Å². The molecule has 1 saturated heterocycles. The van der Waals surface area contributed by atoms with E-state index >= 15 is 0 Å². The Labute approximate surface area is 140 Å². The number of aliphatic hydroxyl groups excluding tert-OH is 1. The highest BCUT2D eigenvalue weighted by Gasteiger charge is 2.34. The molecule has 1 aromatic rings. The second-order valence-corrected chi connectivity index (χ2v) is 7.38. The van der Waals surface area contributed by atoms with Crippen molar-refractivity contribution in [3.05, 3.63) is 21.3 Å². The Morgan fingerprint density at radius 3 is 2.95 bits per heavy atom. The first kappa shape index (κ1) is 17.5. The number of thiophene rings is 1. The van der Waals surface area contributed by atoms with Gasteiger partial charge in [0.2, 0.25) is 0 Å². The quantitative estimate of drug-likeness (QED) is 0.521. The third-order valence-corrected chi connectivity index (χ3v) is 5.27. The van der Waals surface area contributed by atoms with Gasteiger partial charge in [-0.1, -0.05) is 11.6 Å². The molecule has 2 rings (SSSR count). The summed E-state index contributed by atoms with van der Waals surface area (Å²) < 4.78 is 6.32. The van der Waals surface area contributed by atoms with Crippen molar-refractivity contribution >= 4 is 28.9 Å². The minimum absolute atomic E-state index is 0.0215. The van der Waals surface area contributed by atoms with Crippen molar-refractivity contribution in [3.8, 4) is 0 Å². The Kier molecular flexibility index (Phi) is 6.95. The molecular weight excluding hydrogens is 322 g/mol. The number of hydrogen-bond acceptors (Lipinski definition) is 4. The van der Waals surface area contributed by atoms with Crippen molar-refractivity contribution in [3.63, 3.8) is 0 Å². The molecule has 2 heterocycles. The van der Waals surface area contributed by atoms with E-state index in [0.717, 1.165) is 49.3 Å². The number of nitrogens with one attached hydrogen (secondary N) is 2. The molecule has 0 aromatic carbocycles. The van der Waals surface area contributed by atoms with E-state index in [-0.39, 0.29) is 12.0 Å². The lowest BCUT2D eigenvalue weighted by molar-refractivity contribution is 0.127. The molecule has 5 nitrogen and oxygen atoms in total. The summed E-state index contributed by atoms with van der Waals surface area (Å²) in [6, 6.07) is 3.98. The Bertz CT molecular complexity index is 487. The summed E-state index contributed by atoms with van der Waals surface area (Å²) in [7, 11) is 1.77. The minimum atomic E-state index is 0.0215. The molecule has 3 N–H and O–H groups in total. The van der Waals surface area contributed by atoms with Gasteiger partial charge in [0.15, 0.2) is 5.96 Å². The van der Waals surface area contributed by atoms with Crippen molar-refractivity contribution in [2.75, 3.05) is 40.0 Å². The van der Waals surface area contributed by atoms with Crippen LogP contribution in [0.5, 0.6) is 0 Å². The van der Waals surface area contributed by atoms with Gasteiger partial charge in [-0.2, -0.15) is 0 Å². The predicted molar refractivity (Wildman–Crippen MR) is 92.0 cm³/mol. The normalized spacial score (nSPS) is 22.0. The van der Waals surface area contributed by atoms with Crippen LogP contribution in [0, 0.1) is 5.41 Å². The summed E-state index contributed by atoms with van der Waals surface area (Å²) in [5.41, 5.74) is 0.0215. The third-order valence-electron chi connectivity index (χ3n) is 3.97. The van der Waals surface area contributed by atoms with Gasteiger partial charge in [0.1, 0.15) is 0 Å². The van der Waals surface area contributed by atoms with E-state index in [9.17, 15) is 5.11 Å². The maximum atomic E-state index is 9.24. The van der Waals surface area contributed by atoms with Crippen molar-refractivity contribution in [1.82, 2.24) is 10.6 Å². The zero-order valence-electron chi connectivity index (χ0n) is 12.9. The first-order valence-electron chi connectivity index (χ1n) is 7.55. The van der Waals surface area contributed by atoms with Crippen LogP contribution < -0.4 is 10.6 Å². The van der Waals surface area contributed by atoms with E-state index in [1.165, 1.54) is 4.88 Å². The summed E-state index contributed by atoms with van der Waals surface area (Å²) in [5.74, 6) is 0.784. The van der Waals surface area contributed by atoms with Gasteiger partial charge in [-0.05, 0) is 31.4 Å². The van der Waals surface area contributed by atoms with Gasteiger partial charge in [-0.25, -0.2) is 0 Å². The molecule has 1 aromatic heterocycles. The summed E-state index contributed by atoms with van der Waals surface area (Å²) in [6.45, 7) is 3.23. The molecule has 0 aliphatic carbocycles. The van der Waals surface area contributed by atoms with Crippen molar-refractivity contribution in [2.24, 2.45) is 10.4 Å². The summed E-state index contributed by atoms with van der Waals surface area (Å²) >= 11 is 7.53. The fraction of sp³-hybridized carbons (Fsp3) is 0.667. The van der Waals surface area contributed by atoms with E-state index < -0.39 is 0 Å². The molecule has 1 unspecified atom stereocenters. The Hall–Kier alpha value is -0.820. The average Bonchev–Trinajstić information content (AvgIpc) is 3.13. The molecule has 0 radical (unpaired) electrons. The van der Waals surface area contributed by atoms with Crippen molar-refractivity contribution in [1.29, 1.82) is 0 Å². The molecule has 1 atom stereocenters. The van der Waals surface area contributed by atoms with Crippen molar-refractivity contribution < 1.29 is 9.84 Å². The van der Waals surface area contributed by atoms with Gasteiger partial charge in [0.25, 0.3) is 0 Å². The van der Waals surface area contributed by atoms with Gasteiger partial charge in [-0.15, -0.1) is 11.3 Å². The second kappa shape index (κ2) is 8.72. The summed E-state index contributed by atoms with van der Waals surface area (Å²) in [5, 5.41) is 15.9. The van der Waals surface area contributed by atoms with E-state index in [0.29, 0.717) is 6.61 Å². The second-order valence-electron chi connectivity index (χ2n) is 5.58. The lowest BCUT2D eigenvalue weighted by Crippen LogP contribution is -2.44. The number of ether oxygens (including phenoxy) is 1. The van der Waals surface area contributed by atoms with Gasteiger partial charge >= 0.3 is 0 Å². The maximum Gasteiger partial charge on any atom is 0.191 e. The SMILES string of the molecule is CN=C(NCCc1ccc(Cl)s1)NCC1(CCO)CCOC1. The molecule has 124 valence electrons. The molecule has 0 bridgehead atoms. The van der Waals surface area contributed by atoms with Gasteiger partial charge < -0.3 is 20.5 Å². The van der Waals surface area contributed by atoms with E-state index in [2.05, 4.69) is 21.7 Å². The van der Waals surface area contributed by atoms with Crippen LogP contribution in [0.2, 0.25) is 4.34 Å². The first-order valence-corrected chi connectivity index (χ1v) is 8.74. The first-order chi connectivity index (χ1) is 10.7. The van der Waals surface area contributed by atoms with Gasteiger partial charge in [0, 0.05) is 43.6 Å². The highest BCUT2D eigenvalue weighted by Crippen LogP contribution is 2.31. The molecule has 7 heteroatoms. The molecule has 1 fully saturated rings. The van der Waals surface area contributed by atoms with Crippen LogP contribution >= 0.6 is 22.9 Å². The van der Waals surface area contributed by atoms with Gasteiger partial charge in [0.05, 0.1) is 10.9 Å². The Balaban J connectivity index is 1.74. The van der Waals surface area contributed by atoms with Crippen LogP contribution in [0.3, 0.4) is 0 Å². The monoisotopic (exact) mass is 345 g/mol. The number of hydrogen-bond donors (Lipinski definition) is 3. The molecular formula is C15H24ClN3O2S. The highest BCUT2D eigenvalue weighted by atomic mass is 35.5. The van der Waals surface area contributed by atoms with Crippen molar-refractivity contribution in [2.45, 2.75) is 19.3 Å². The third kappa shape index (κ3) is 5.12. The van der Waals surface area contributed by atoms with Crippen LogP contribution in [0.15, 0.2) is 17.1 Å². The Morgan fingerprint density at radius 2 is 2.36 bits per heavy atom. The molecule has 1 aliphatic heterocycles. The number of guanidine groups is 1. The number of halogens is 1. The Morgan fingerprint density at radius 1 is 1.50 bits per heavy atom. The fourth-order valence-corrected chi connectivity index (χ4v) is 3.68. The lowest BCUT2D eigenvalue weighted by atomic mass is 9.84. The number of aliphatic imine (C=N–C) groups is 1. The van der Waals surface area contributed by atoms with Crippen LogP contribution in [0.1, 0.15) is 17.7 Å². The topological polar surface area (TPSA) is 65.9 Å². The van der Waals surface area contributed by atoms with Crippen LogP contribution in [-0.2, 0) is 11.2 Å². The van der Waals surface area contributed by atoms with Crippen LogP contribution in [0.4, 0.5) is 0 Å². The number of nitrogens with zero attached hydrogens (tertiary/aromatic N) is 1. The molecule has 0 saturated carbocycles. The highest BCUT2D eigenvalue weighted by molar-refractivity contribution is 7.16. The molecule has 0 amide bonds. The zero-order valence-corrected chi connectivity index (χ0v) is 14.5. The molecule has 1 aliphatic rings. The lowest BCUT2D eigenvalue weighted by Gasteiger charge is -2.27. The minimum Gasteiger partial charge on any atom is -0.396 e. The standard InChI is InChI=1S/C15H24ClN3O2S/c1-17-14(18-7-4-12-2-3-13(16)22-12)19-10-15(5-8-20)6-9-21-11-15/h2-3,20H,4-11H2,1H3,(H2,17,18,19). The number of aliphatic hydroxyl groups is 1. The number of rotatable bonds is 7.